The third kappa shape index (κ3) is 2.38. The molecule has 2 aromatic rings. The predicted octanol–water partition coefficient (Wildman–Crippen LogP) is 3.99. The normalized spacial score (nSPS) is 11.0. The maximum absolute atomic E-state index is 7.15. The Bertz CT molecular complexity index is 604. The molecule has 0 fully saturated rings. The Kier molecular flexibility index (Phi) is 3.12. The summed E-state index contributed by atoms with van der Waals surface area (Å²) in [6, 6.07) is 7.76. The van der Waals surface area contributed by atoms with Crippen molar-refractivity contribution < 1.29 is 0 Å². The van der Waals surface area contributed by atoms with Gasteiger partial charge in [0.25, 0.3) is 5.82 Å². The van der Waals surface area contributed by atoms with Crippen molar-refractivity contribution in [3.63, 3.8) is 0 Å². The highest BCUT2D eigenvalue weighted by atomic mass is 14.9. The Morgan fingerprint density at radius 3 is 2.56 bits per heavy atom. The molecule has 0 aliphatic rings. The second-order valence-corrected chi connectivity index (χ2v) is 5.17. The second-order valence-electron chi connectivity index (χ2n) is 5.17. The lowest BCUT2D eigenvalue weighted by Gasteiger charge is -2.19. The van der Waals surface area contributed by atoms with Crippen LogP contribution in [0.3, 0.4) is 0 Å². The van der Waals surface area contributed by atoms with E-state index in [-0.39, 0.29) is 5.41 Å². The summed E-state index contributed by atoms with van der Waals surface area (Å²) in [4.78, 5) is 11.9. The standard InChI is InChI=1S/C15H15N3/c1-15(2,3)11-7-9-17-13(10-11)12-6-5-8-18-14(12)16-4/h5-10H,1-3H3. The highest BCUT2D eigenvalue weighted by molar-refractivity contribution is 5.73. The summed E-state index contributed by atoms with van der Waals surface area (Å²) in [5, 5.41) is 0. The molecule has 2 aromatic heterocycles. The van der Waals surface area contributed by atoms with Crippen LogP contribution in [0.1, 0.15) is 26.3 Å². The maximum Gasteiger partial charge on any atom is 0.278 e. The first kappa shape index (κ1) is 12.3. The summed E-state index contributed by atoms with van der Waals surface area (Å²) in [6.07, 6.45) is 3.42. The van der Waals surface area contributed by atoms with E-state index in [0.29, 0.717) is 5.82 Å². The zero-order valence-corrected chi connectivity index (χ0v) is 10.8. The minimum absolute atomic E-state index is 0.0676. The van der Waals surface area contributed by atoms with E-state index >= 15 is 0 Å². The Morgan fingerprint density at radius 2 is 1.89 bits per heavy atom. The van der Waals surface area contributed by atoms with Gasteiger partial charge in [0.2, 0.25) is 0 Å². The quantitative estimate of drug-likeness (QED) is 0.702. The van der Waals surface area contributed by atoms with Gasteiger partial charge in [0.05, 0.1) is 5.69 Å². The molecule has 2 rings (SSSR count). The third-order valence-electron chi connectivity index (χ3n) is 2.79. The van der Waals surface area contributed by atoms with Crippen LogP contribution < -0.4 is 0 Å². The van der Waals surface area contributed by atoms with Crippen molar-refractivity contribution >= 4 is 5.82 Å². The van der Waals surface area contributed by atoms with E-state index in [1.165, 1.54) is 5.56 Å². The van der Waals surface area contributed by atoms with E-state index in [9.17, 15) is 0 Å². The molecule has 2 heterocycles. The molecule has 0 atom stereocenters. The van der Waals surface area contributed by atoms with Gasteiger partial charge in [-0.25, -0.2) is 0 Å². The van der Waals surface area contributed by atoms with Gasteiger partial charge in [0, 0.05) is 11.8 Å². The fourth-order valence-electron chi connectivity index (χ4n) is 1.73. The Labute approximate surface area is 107 Å². The fraction of sp³-hybridized carbons (Fsp3) is 0.267. The van der Waals surface area contributed by atoms with Crippen molar-refractivity contribution in [2.75, 3.05) is 0 Å². The number of rotatable bonds is 1. The molecule has 0 bridgehead atoms. The van der Waals surface area contributed by atoms with Gasteiger partial charge in [-0.15, -0.1) is 4.98 Å². The van der Waals surface area contributed by atoms with Gasteiger partial charge in [-0.3, -0.25) is 4.98 Å². The molecule has 0 unspecified atom stereocenters. The van der Waals surface area contributed by atoms with Gasteiger partial charge in [-0.2, -0.15) is 0 Å². The van der Waals surface area contributed by atoms with Gasteiger partial charge >= 0.3 is 0 Å². The van der Waals surface area contributed by atoms with E-state index in [1.54, 1.807) is 12.4 Å². The summed E-state index contributed by atoms with van der Waals surface area (Å²) in [5.41, 5.74) is 2.87. The number of hydrogen-bond donors (Lipinski definition) is 0. The average Bonchev–Trinajstić information content (AvgIpc) is 2.38. The highest BCUT2D eigenvalue weighted by Crippen LogP contribution is 2.30. The minimum Gasteiger partial charge on any atom is -0.360 e. The molecule has 0 saturated carbocycles. The van der Waals surface area contributed by atoms with Gasteiger partial charge in [-0.1, -0.05) is 33.4 Å². The fourth-order valence-corrected chi connectivity index (χ4v) is 1.73. The highest BCUT2D eigenvalue weighted by Gasteiger charge is 2.15. The summed E-state index contributed by atoms with van der Waals surface area (Å²) >= 11 is 0. The topological polar surface area (TPSA) is 30.1 Å². The summed E-state index contributed by atoms with van der Waals surface area (Å²) < 4.78 is 0. The Balaban J connectivity index is 2.56. The summed E-state index contributed by atoms with van der Waals surface area (Å²) in [7, 11) is 0. The van der Waals surface area contributed by atoms with Crippen LogP contribution >= 0.6 is 0 Å². The van der Waals surface area contributed by atoms with Crippen molar-refractivity contribution in [3.05, 3.63) is 53.6 Å². The van der Waals surface area contributed by atoms with E-state index in [4.69, 9.17) is 6.57 Å². The average molecular weight is 237 g/mol. The zero-order valence-electron chi connectivity index (χ0n) is 10.8. The first-order valence-electron chi connectivity index (χ1n) is 5.82. The van der Waals surface area contributed by atoms with Gasteiger partial charge in [0.1, 0.15) is 6.20 Å². The molecule has 3 nitrogen and oxygen atoms in total. The molecule has 90 valence electrons. The number of aromatic nitrogens is 2. The molecule has 3 heteroatoms. The molecular formula is C15H15N3. The predicted molar refractivity (Wildman–Crippen MR) is 72.4 cm³/mol. The van der Waals surface area contributed by atoms with Crippen LogP contribution in [0.4, 0.5) is 5.82 Å². The molecule has 0 saturated heterocycles. The molecule has 0 radical (unpaired) electrons. The van der Waals surface area contributed by atoms with Gasteiger partial charge in [-0.05, 0) is 29.2 Å². The lowest BCUT2D eigenvalue weighted by Crippen LogP contribution is -2.11. The van der Waals surface area contributed by atoms with Crippen LogP contribution in [0, 0.1) is 6.57 Å². The van der Waals surface area contributed by atoms with Gasteiger partial charge in [0.15, 0.2) is 0 Å². The molecule has 0 aliphatic carbocycles. The monoisotopic (exact) mass is 237 g/mol. The van der Waals surface area contributed by atoms with E-state index in [0.717, 1.165) is 11.3 Å². The maximum atomic E-state index is 7.15. The smallest absolute Gasteiger partial charge is 0.278 e. The summed E-state index contributed by atoms with van der Waals surface area (Å²) in [5.74, 6) is 0.399. The molecule has 0 aliphatic heterocycles. The zero-order chi connectivity index (χ0) is 13.2. The van der Waals surface area contributed by atoms with Crippen molar-refractivity contribution in [1.29, 1.82) is 0 Å². The van der Waals surface area contributed by atoms with Crippen LogP contribution in [0.15, 0.2) is 36.7 Å². The third-order valence-corrected chi connectivity index (χ3v) is 2.79. The Hall–Kier alpha value is -2.21. The van der Waals surface area contributed by atoms with Crippen molar-refractivity contribution in [3.8, 4) is 11.3 Å². The van der Waals surface area contributed by atoms with Crippen LogP contribution in [-0.4, -0.2) is 9.97 Å². The SMILES string of the molecule is [C-]#[N+]c1ncccc1-c1cc(C(C)(C)C)ccn1. The Morgan fingerprint density at radius 1 is 1.11 bits per heavy atom. The minimum atomic E-state index is 0.0676. The van der Waals surface area contributed by atoms with Crippen molar-refractivity contribution in [2.24, 2.45) is 0 Å². The number of nitrogens with zero attached hydrogens (tertiary/aromatic N) is 3. The van der Waals surface area contributed by atoms with Crippen LogP contribution in [0.25, 0.3) is 16.1 Å². The lowest BCUT2D eigenvalue weighted by atomic mass is 9.87. The van der Waals surface area contributed by atoms with Gasteiger partial charge < -0.3 is 4.85 Å². The second kappa shape index (κ2) is 4.58. The molecule has 0 spiro atoms. The van der Waals surface area contributed by atoms with Crippen LogP contribution in [0.5, 0.6) is 0 Å². The molecule has 0 amide bonds. The number of hydrogen-bond acceptors (Lipinski definition) is 2. The molecular weight excluding hydrogens is 222 g/mol. The van der Waals surface area contributed by atoms with Crippen LogP contribution in [-0.2, 0) is 5.41 Å². The van der Waals surface area contributed by atoms with E-state index in [1.807, 2.05) is 24.3 Å². The molecule has 0 N–H and O–H groups in total. The van der Waals surface area contributed by atoms with Crippen molar-refractivity contribution in [2.45, 2.75) is 26.2 Å². The van der Waals surface area contributed by atoms with Crippen molar-refractivity contribution in [1.82, 2.24) is 9.97 Å². The number of pyridine rings is 2. The summed E-state index contributed by atoms with van der Waals surface area (Å²) in [6.45, 7) is 13.6. The van der Waals surface area contributed by atoms with E-state index < -0.39 is 0 Å². The molecule has 0 aromatic carbocycles. The first-order valence-corrected chi connectivity index (χ1v) is 5.82. The molecule has 18 heavy (non-hydrogen) atoms. The first-order chi connectivity index (χ1) is 8.52. The van der Waals surface area contributed by atoms with E-state index in [2.05, 4.69) is 35.6 Å². The van der Waals surface area contributed by atoms with Crippen LogP contribution in [0.2, 0.25) is 0 Å². The lowest BCUT2D eigenvalue weighted by molar-refractivity contribution is 0.589. The largest absolute Gasteiger partial charge is 0.360 e.